The van der Waals surface area contributed by atoms with Crippen LogP contribution >= 0.6 is 11.3 Å². The van der Waals surface area contributed by atoms with E-state index in [1.54, 1.807) is 23.6 Å². The van der Waals surface area contributed by atoms with Crippen molar-refractivity contribution in [2.24, 2.45) is 0 Å². The number of nitrogens with zero attached hydrogens (tertiary/aromatic N) is 2. The van der Waals surface area contributed by atoms with Crippen LogP contribution in [0.1, 0.15) is 46.6 Å². The summed E-state index contributed by atoms with van der Waals surface area (Å²) in [5, 5.41) is 5.94. The van der Waals surface area contributed by atoms with Crippen molar-refractivity contribution in [3.8, 4) is 0 Å². The highest BCUT2D eigenvalue weighted by Gasteiger charge is 2.13. The Kier molecular flexibility index (Phi) is 4.27. The van der Waals surface area contributed by atoms with Gasteiger partial charge in [-0.05, 0) is 32.4 Å². The first kappa shape index (κ1) is 13.7. The molecule has 0 aliphatic carbocycles. The summed E-state index contributed by atoms with van der Waals surface area (Å²) in [6.45, 7) is 5.91. The Hall–Kier alpha value is -1.75. The minimum Gasteiger partial charge on any atom is -0.344 e. The van der Waals surface area contributed by atoms with Gasteiger partial charge >= 0.3 is 0 Å². The summed E-state index contributed by atoms with van der Waals surface area (Å²) in [6, 6.07) is 3.47. The predicted molar refractivity (Wildman–Crippen MR) is 76.3 cm³/mol. The lowest BCUT2D eigenvalue weighted by molar-refractivity contribution is 0.0939. The predicted octanol–water partition coefficient (Wildman–Crippen LogP) is 2.90. The van der Waals surface area contributed by atoms with Crippen molar-refractivity contribution in [1.29, 1.82) is 0 Å². The molecule has 5 heteroatoms. The highest BCUT2D eigenvalue weighted by Crippen LogP contribution is 2.16. The van der Waals surface area contributed by atoms with Crippen LogP contribution in [-0.2, 0) is 6.42 Å². The van der Waals surface area contributed by atoms with E-state index < -0.39 is 0 Å². The normalized spacial score (nSPS) is 12.2. The molecule has 0 saturated heterocycles. The molecule has 0 fully saturated rings. The lowest BCUT2D eigenvalue weighted by atomic mass is 10.1. The summed E-state index contributed by atoms with van der Waals surface area (Å²) in [7, 11) is 0. The van der Waals surface area contributed by atoms with Crippen LogP contribution in [0.5, 0.6) is 0 Å². The number of hydrogen-bond donors (Lipinski definition) is 1. The molecular weight excluding hydrogens is 258 g/mol. The van der Waals surface area contributed by atoms with Crippen molar-refractivity contribution in [3.63, 3.8) is 0 Å². The average molecular weight is 275 g/mol. The molecule has 2 aromatic heterocycles. The lowest BCUT2D eigenvalue weighted by Gasteiger charge is -2.12. The Morgan fingerprint density at radius 2 is 2.32 bits per heavy atom. The summed E-state index contributed by atoms with van der Waals surface area (Å²) in [6.07, 6.45) is 2.49. The summed E-state index contributed by atoms with van der Waals surface area (Å²) in [4.78, 5) is 20.7. The molecule has 0 radical (unpaired) electrons. The van der Waals surface area contributed by atoms with E-state index in [0.29, 0.717) is 5.56 Å². The number of rotatable bonds is 4. The number of pyridine rings is 1. The second-order valence-electron chi connectivity index (χ2n) is 4.38. The topological polar surface area (TPSA) is 54.9 Å². The van der Waals surface area contributed by atoms with Crippen molar-refractivity contribution >= 4 is 17.2 Å². The molecule has 1 N–H and O–H groups in total. The van der Waals surface area contributed by atoms with E-state index in [1.807, 2.05) is 32.2 Å². The van der Waals surface area contributed by atoms with Crippen LogP contribution in [0.25, 0.3) is 0 Å². The second-order valence-corrected chi connectivity index (χ2v) is 5.44. The Morgan fingerprint density at radius 3 is 2.95 bits per heavy atom. The van der Waals surface area contributed by atoms with Gasteiger partial charge in [0.05, 0.1) is 16.7 Å². The minimum absolute atomic E-state index is 0.0873. The number of thiazole rings is 1. The van der Waals surface area contributed by atoms with Crippen molar-refractivity contribution in [2.75, 3.05) is 0 Å². The molecular formula is C14H17N3OS. The van der Waals surface area contributed by atoms with E-state index in [1.165, 1.54) is 0 Å². The van der Waals surface area contributed by atoms with Crippen LogP contribution < -0.4 is 5.32 Å². The van der Waals surface area contributed by atoms with Crippen LogP contribution in [0.15, 0.2) is 23.7 Å². The fourth-order valence-electron chi connectivity index (χ4n) is 1.75. The third-order valence-electron chi connectivity index (χ3n) is 2.87. The zero-order valence-corrected chi connectivity index (χ0v) is 12.1. The van der Waals surface area contributed by atoms with E-state index in [2.05, 4.69) is 15.3 Å². The molecule has 1 atom stereocenters. The largest absolute Gasteiger partial charge is 0.344 e. The van der Waals surface area contributed by atoms with E-state index in [4.69, 9.17) is 0 Å². The summed E-state index contributed by atoms with van der Waals surface area (Å²) in [5.41, 5.74) is 2.47. The summed E-state index contributed by atoms with van der Waals surface area (Å²) >= 11 is 1.59. The van der Waals surface area contributed by atoms with Gasteiger partial charge in [-0.15, -0.1) is 11.3 Å². The van der Waals surface area contributed by atoms with Gasteiger partial charge in [-0.3, -0.25) is 9.78 Å². The number of carbonyl (C=O) groups excluding carboxylic acids is 1. The molecule has 100 valence electrons. The van der Waals surface area contributed by atoms with Crippen LogP contribution in [0.3, 0.4) is 0 Å². The molecule has 0 aliphatic heterocycles. The first-order valence-corrected chi connectivity index (χ1v) is 7.16. The molecule has 4 nitrogen and oxygen atoms in total. The van der Waals surface area contributed by atoms with Crippen molar-refractivity contribution in [2.45, 2.75) is 33.2 Å². The summed E-state index contributed by atoms with van der Waals surface area (Å²) < 4.78 is 0. The van der Waals surface area contributed by atoms with Gasteiger partial charge in [0.2, 0.25) is 0 Å². The maximum Gasteiger partial charge on any atom is 0.251 e. The van der Waals surface area contributed by atoms with Gasteiger partial charge < -0.3 is 5.32 Å². The van der Waals surface area contributed by atoms with Crippen molar-refractivity contribution < 1.29 is 4.79 Å². The first-order chi connectivity index (χ1) is 9.10. The van der Waals surface area contributed by atoms with Crippen LogP contribution in [-0.4, -0.2) is 15.9 Å². The number of nitrogens with one attached hydrogen (secondary N) is 1. The lowest BCUT2D eigenvalue weighted by Crippen LogP contribution is -2.27. The van der Waals surface area contributed by atoms with Gasteiger partial charge in [0.25, 0.3) is 5.91 Å². The smallest absolute Gasteiger partial charge is 0.251 e. The average Bonchev–Trinajstić information content (AvgIpc) is 2.85. The molecule has 0 saturated carbocycles. The highest BCUT2D eigenvalue weighted by molar-refractivity contribution is 7.09. The molecule has 2 heterocycles. The van der Waals surface area contributed by atoms with E-state index in [0.717, 1.165) is 22.8 Å². The maximum atomic E-state index is 12.1. The van der Waals surface area contributed by atoms with E-state index in [-0.39, 0.29) is 11.9 Å². The SMILES string of the molecule is CCc1cc(C(=O)N[C@@H](C)c2csc(C)n2)ccn1. The number of aromatic nitrogens is 2. The molecule has 0 aromatic carbocycles. The Morgan fingerprint density at radius 1 is 1.53 bits per heavy atom. The standard InChI is InChI=1S/C14H17N3OS/c1-4-12-7-11(5-6-15-12)14(18)16-9(2)13-8-19-10(3)17-13/h5-9H,4H2,1-3H3,(H,16,18)/t9-/m0/s1. The molecule has 0 bridgehead atoms. The number of amides is 1. The van der Waals surface area contributed by atoms with Crippen LogP contribution in [0.4, 0.5) is 0 Å². The van der Waals surface area contributed by atoms with Crippen molar-refractivity contribution in [1.82, 2.24) is 15.3 Å². The van der Waals surface area contributed by atoms with Gasteiger partial charge in [0.1, 0.15) is 0 Å². The number of carbonyl (C=O) groups is 1. The Bertz CT molecular complexity index is 580. The van der Waals surface area contributed by atoms with Gasteiger partial charge in [0.15, 0.2) is 0 Å². The summed E-state index contributed by atoms with van der Waals surface area (Å²) in [5.74, 6) is -0.0877. The van der Waals surface area contributed by atoms with E-state index in [9.17, 15) is 4.79 Å². The Balaban J connectivity index is 2.08. The zero-order chi connectivity index (χ0) is 13.8. The maximum absolute atomic E-state index is 12.1. The third kappa shape index (κ3) is 3.38. The van der Waals surface area contributed by atoms with Gasteiger partial charge in [-0.25, -0.2) is 4.98 Å². The zero-order valence-electron chi connectivity index (χ0n) is 11.3. The molecule has 0 spiro atoms. The fraction of sp³-hybridized carbons (Fsp3) is 0.357. The molecule has 0 aliphatic rings. The molecule has 2 aromatic rings. The van der Waals surface area contributed by atoms with Gasteiger partial charge in [-0.2, -0.15) is 0 Å². The number of aryl methyl sites for hydroxylation is 2. The van der Waals surface area contributed by atoms with Gasteiger partial charge in [0, 0.05) is 22.8 Å². The minimum atomic E-state index is -0.0877. The molecule has 1 amide bonds. The third-order valence-corrected chi connectivity index (χ3v) is 3.66. The Labute approximate surface area is 116 Å². The molecule has 19 heavy (non-hydrogen) atoms. The molecule has 2 rings (SSSR count). The second kappa shape index (κ2) is 5.93. The fourth-order valence-corrected chi connectivity index (χ4v) is 2.45. The van der Waals surface area contributed by atoms with Gasteiger partial charge in [-0.1, -0.05) is 6.92 Å². The highest BCUT2D eigenvalue weighted by atomic mass is 32.1. The monoisotopic (exact) mass is 275 g/mol. The van der Waals surface area contributed by atoms with Crippen LogP contribution in [0.2, 0.25) is 0 Å². The first-order valence-electron chi connectivity index (χ1n) is 6.28. The quantitative estimate of drug-likeness (QED) is 0.933. The number of hydrogen-bond acceptors (Lipinski definition) is 4. The molecule has 0 unspecified atom stereocenters. The van der Waals surface area contributed by atoms with Crippen LogP contribution in [0, 0.1) is 6.92 Å². The van der Waals surface area contributed by atoms with E-state index >= 15 is 0 Å². The van der Waals surface area contributed by atoms with Crippen molar-refractivity contribution in [3.05, 3.63) is 45.7 Å².